The summed E-state index contributed by atoms with van der Waals surface area (Å²) in [6.07, 6.45) is 4.59. The van der Waals surface area contributed by atoms with Crippen LogP contribution in [0.5, 0.6) is 0 Å². The van der Waals surface area contributed by atoms with E-state index >= 15 is 0 Å². The number of nitrogens with two attached hydrogens (primary N) is 2. The zero-order valence-electron chi connectivity index (χ0n) is 6.37. The first-order chi connectivity index (χ1) is 5.16. The van der Waals surface area contributed by atoms with Crippen LogP contribution in [0.1, 0.15) is 12.7 Å². The van der Waals surface area contributed by atoms with E-state index in [1.165, 1.54) is 0 Å². The highest BCUT2D eigenvalue weighted by atomic mass is 16.2. The van der Waals surface area contributed by atoms with E-state index in [1.807, 2.05) is 6.20 Å². The summed E-state index contributed by atoms with van der Waals surface area (Å²) in [6.45, 7) is 2.07. The molecule has 0 aromatic carbocycles. The van der Waals surface area contributed by atoms with Gasteiger partial charge in [0.2, 0.25) is 0 Å². The number of imidazole rings is 1. The van der Waals surface area contributed by atoms with E-state index in [9.17, 15) is 0 Å². The first-order valence-electron chi connectivity index (χ1n) is 3.20. The first kappa shape index (κ1) is 9.48. The van der Waals surface area contributed by atoms with E-state index in [1.54, 1.807) is 6.20 Å². The van der Waals surface area contributed by atoms with Crippen molar-refractivity contribution in [2.24, 2.45) is 11.5 Å². The fourth-order valence-electron chi connectivity index (χ4n) is 0.491. The van der Waals surface area contributed by atoms with Crippen molar-refractivity contribution in [2.75, 3.05) is 0 Å². The molecular formula is C6H12N4O. The van der Waals surface area contributed by atoms with Gasteiger partial charge in [-0.05, 0) is 0 Å². The minimum atomic E-state index is -0.833. The van der Waals surface area contributed by atoms with Crippen molar-refractivity contribution in [1.29, 1.82) is 0 Å². The van der Waals surface area contributed by atoms with Crippen LogP contribution in [0.25, 0.3) is 0 Å². The van der Waals surface area contributed by atoms with Crippen LogP contribution in [0, 0.1) is 0 Å². The summed E-state index contributed by atoms with van der Waals surface area (Å²) in [5, 5.41) is 0. The van der Waals surface area contributed by atoms with Crippen molar-refractivity contribution < 1.29 is 4.79 Å². The number of amides is 2. The molecule has 2 amide bonds. The van der Waals surface area contributed by atoms with Crippen molar-refractivity contribution in [3.63, 3.8) is 0 Å². The molecule has 0 spiro atoms. The monoisotopic (exact) mass is 156 g/mol. The fourth-order valence-corrected chi connectivity index (χ4v) is 0.491. The summed E-state index contributed by atoms with van der Waals surface area (Å²) in [4.78, 5) is 16.0. The molecule has 0 unspecified atom stereocenters. The van der Waals surface area contributed by atoms with Crippen molar-refractivity contribution in [3.05, 3.63) is 18.2 Å². The number of hydrogen-bond acceptors (Lipinski definition) is 2. The molecule has 1 heterocycles. The Hall–Kier alpha value is -1.52. The van der Waals surface area contributed by atoms with E-state index in [0.717, 1.165) is 12.2 Å². The number of aromatic amines is 1. The molecule has 1 aromatic heterocycles. The summed E-state index contributed by atoms with van der Waals surface area (Å²) in [7, 11) is 0. The molecule has 1 rings (SSSR count). The fraction of sp³-hybridized carbons (Fsp3) is 0.333. The van der Waals surface area contributed by atoms with Crippen molar-refractivity contribution >= 4 is 6.03 Å². The molecule has 0 fully saturated rings. The third-order valence-corrected chi connectivity index (χ3v) is 0.890. The zero-order valence-corrected chi connectivity index (χ0v) is 6.37. The molecule has 0 aliphatic carbocycles. The molecule has 1 aromatic rings. The summed E-state index contributed by atoms with van der Waals surface area (Å²) in [5.41, 5.74) is 8.50. The Labute approximate surface area is 64.8 Å². The van der Waals surface area contributed by atoms with Crippen LogP contribution in [0.3, 0.4) is 0 Å². The van der Waals surface area contributed by atoms with Gasteiger partial charge in [-0.3, -0.25) is 0 Å². The second-order valence-corrected chi connectivity index (χ2v) is 1.79. The Kier molecular flexibility index (Phi) is 4.55. The highest BCUT2D eigenvalue weighted by Crippen LogP contribution is 1.85. The lowest BCUT2D eigenvalue weighted by Gasteiger charge is -1.79. The highest BCUT2D eigenvalue weighted by Gasteiger charge is 1.82. The molecule has 5 N–H and O–H groups in total. The summed E-state index contributed by atoms with van der Waals surface area (Å²) >= 11 is 0. The molecule has 0 bridgehead atoms. The van der Waals surface area contributed by atoms with E-state index in [2.05, 4.69) is 28.4 Å². The van der Waals surface area contributed by atoms with Crippen molar-refractivity contribution in [3.8, 4) is 0 Å². The van der Waals surface area contributed by atoms with Gasteiger partial charge < -0.3 is 16.5 Å². The topological polar surface area (TPSA) is 97.8 Å². The smallest absolute Gasteiger partial charge is 0.309 e. The van der Waals surface area contributed by atoms with Gasteiger partial charge in [-0.2, -0.15) is 0 Å². The largest absolute Gasteiger partial charge is 0.352 e. The number of carbonyl (C=O) groups is 1. The number of urea groups is 1. The average molecular weight is 156 g/mol. The second-order valence-electron chi connectivity index (χ2n) is 1.79. The average Bonchev–Trinajstić information content (AvgIpc) is 2.36. The maximum absolute atomic E-state index is 9.00. The summed E-state index contributed by atoms with van der Waals surface area (Å²) in [5.74, 6) is 1.06. The molecule has 0 saturated heterocycles. The zero-order chi connectivity index (χ0) is 8.69. The van der Waals surface area contributed by atoms with Crippen molar-refractivity contribution in [2.45, 2.75) is 13.3 Å². The number of rotatable bonds is 1. The van der Waals surface area contributed by atoms with Gasteiger partial charge in [0.1, 0.15) is 5.82 Å². The van der Waals surface area contributed by atoms with Gasteiger partial charge in [-0.25, -0.2) is 9.78 Å². The Morgan fingerprint density at radius 3 is 2.45 bits per heavy atom. The van der Waals surface area contributed by atoms with Gasteiger partial charge in [-0.15, -0.1) is 0 Å². The SMILES string of the molecule is CCc1ncc[nH]1.NC(N)=O. The molecular weight excluding hydrogens is 144 g/mol. The van der Waals surface area contributed by atoms with Crippen LogP contribution in [-0.2, 0) is 6.42 Å². The maximum Gasteiger partial charge on any atom is 0.309 e. The number of carbonyl (C=O) groups excluding carboxylic acids is 1. The Balaban J connectivity index is 0.000000218. The van der Waals surface area contributed by atoms with Crippen LogP contribution in [-0.4, -0.2) is 16.0 Å². The number of aryl methyl sites for hydroxylation is 1. The molecule has 0 saturated carbocycles. The third kappa shape index (κ3) is 6.36. The Morgan fingerprint density at radius 2 is 2.27 bits per heavy atom. The van der Waals surface area contributed by atoms with E-state index in [0.29, 0.717) is 0 Å². The highest BCUT2D eigenvalue weighted by molar-refractivity contribution is 5.69. The summed E-state index contributed by atoms with van der Waals surface area (Å²) in [6, 6.07) is -0.833. The van der Waals surface area contributed by atoms with Gasteiger partial charge >= 0.3 is 6.03 Å². The number of primary amides is 2. The molecule has 0 radical (unpaired) electrons. The standard InChI is InChI=1S/C5H8N2.CH4N2O/c1-2-5-6-3-4-7-5;2-1(3)4/h3-4H,2H2,1H3,(H,6,7);(H4,2,3,4). The van der Waals surface area contributed by atoms with Crippen LogP contribution in [0.15, 0.2) is 12.4 Å². The number of aromatic nitrogens is 2. The van der Waals surface area contributed by atoms with Crippen molar-refractivity contribution in [1.82, 2.24) is 9.97 Å². The number of nitrogens with zero attached hydrogens (tertiary/aromatic N) is 1. The predicted octanol–water partition coefficient (Wildman–Crippen LogP) is -0.00410. The van der Waals surface area contributed by atoms with Crippen LogP contribution < -0.4 is 11.5 Å². The molecule has 0 aliphatic rings. The normalized spacial score (nSPS) is 8.09. The van der Waals surface area contributed by atoms with Gasteiger partial charge in [-0.1, -0.05) is 6.92 Å². The van der Waals surface area contributed by atoms with Crippen LogP contribution in [0.4, 0.5) is 4.79 Å². The van der Waals surface area contributed by atoms with Gasteiger partial charge in [0.25, 0.3) is 0 Å². The summed E-state index contributed by atoms with van der Waals surface area (Å²) < 4.78 is 0. The van der Waals surface area contributed by atoms with E-state index in [4.69, 9.17) is 4.79 Å². The third-order valence-electron chi connectivity index (χ3n) is 0.890. The minimum Gasteiger partial charge on any atom is -0.352 e. The lowest BCUT2D eigenvalue weighted by atomic mass is 10.5. The lowest BCUT2D eigenvalue weighted by Crippen LogP contribution is -2.18. The molecule has 5 heteroatoms. The number of nitrogens with one attached hydrogen (secondary N) is 1. The van der Waals surface area contributed by atoms with Gasteiger partial charge in [0, 0.05) is 18.8 Å². The van der Waals surface area contributed by atoms with Crippen LogP contribution >= 0.6 is 0 Å². The lowest BCUT2D eigenvalue weighted by molar-refractivity contribution is 0.256. The molecule has 11 heavy (non-hydrogen) atoms. The van der Waals surface area contributed by atoms with E-state index in [-0.39, 0.29) is 0 Å². The molecule has 62 valence electrons. The molecule has 5 nitrogen and oxygen atoms in total. The van der Waals surface area contributed by atoms with Gasteiger partial charge in [0.05, 0.1) is 0 Å². The predicted molar refractivity (Wildman–Crippen MR) is 41.7 cm³/mol. The second kappa shape index (κ2) is 5.28. The number of H-pyrrole nitrogens is 1. The van der Waals surface area contributed by atoms with Crippen LogP contribution in [0.2, 0.25) is 0 Å². The molecule has 0 aliphatic heterocycles. The maximum atomic E-state index is 9.00. The quantitative estimate of drug-likeness (QED) is 0.533. The first-order valence-corrected chi connectivity index (χ1v) is 3.20. The minimum absolute atomic E-state index is 0.833. The number of hydrogen-bond donors (Lipinski definition) is 3. The molecule has 0 atom stereocenters. The van der Waals surface area contributed by atoms with Gasteiger partial charge in [0.15, 0.2) is 0 Å². The Morgan fingerprint density at radius 1 is 1.73 bits per heavy atom. The Bertz CT molecular complexity index is 190. The van der Waals surface area contributed by atoms with E-state index < -0.39 is 6.03 Å².